The minimum atomic E-state index is -3.55. The minimum Gasteiger partial charge on any atom is -0.349 e. The number of carbonyl (C=O) groups excluding carboxylic acids is 1. The van der Waals surface area contributed by atoms with Gasteiger partial charge in [-0.1, -0.05) is 32.9 Å². The van der Waals surface area contributed by atoms with E-state index in [-0.39, 0.29) is 17.4 Å². The van der Waals surface area contributed by atoms with Gasteiger partial charge in [-0.3, -0.25) is 4.79 Å². The fourth-order valence-electron chi connectivity index (χ4n) is 3.39. The van der Waals surface area contributed by atoms with Crippen LogP contribution in [0.3, 0.4) is 0 Å². The lowest BCUT2D eigenvalue weighted by molar-refractivity contribution is 0.0924. The summed E-state index contributed by atoms with van der Waals surface area (Å²) in [4.78, 5) is 12.6. The first-order chi connectivity index (χ1) is 13.6. The highest BCUT2D eigenvalue weighted by molar-refractivity contribution is 7.89. The molecular weight excluding hydrogens is 391 g/mol. The predicted octanol–water partition coefficient (Wildman–Crippen LogP) is 3.71. The highest BCUT2D eigenvalue weighted by atomic mass is 32.2. The van der Waals surface area contributed by atoms with Crippen LogP contribution in [0.4, 0.5) is 4.39 Å². The molecular formula is C22H27FN2O3S. The molecule has 1 amide bonds. The highest BCUT2D eigenvalue weighted by Gasteiger charge is 2.30. The molecule has 1 saturated heterocycles. The number of carbonyl (C=O) groups is 1. The van der Waals surface area contributed by atoms with E-state index in [0.29, 0.717) is 36.4 Å². The molecule has 0 bridgehead atoms. The molecule has 5 nitrogen and oxygen atoms in total. The topological polar surface area (TPSA) is 66.5 Å². The van der Waals surface area contributed by atoms with Gasteiger partial charge in [-0.2, -0.15) is 4.31 Å². The zero-order chi connectivity index (χ0) is 21.2. The van der Waals surface area contributed by atoms with Crippen molar-refractivity contribution in [2.75, 3.05) is 13.1 Å². The van der Waals surface area contributed by atoms with Crippen molar-refractivity contribution in [2.24, 2.45) is 0 Å². The van der Waals surface area contributed by atoms with Crippen LogP contribution >= 0.6 is 0 Å². The van der Waals surface area contributed by atoms with Gasteiger partial charge < -0.3 is 5.32 Å². The molecule has 1 heterocycles. The molecule has 2 aromatic rings. The van der Waals surface area contributed by atoms with Crippen LogP contribution in [0.5, 0.6) is 0 Å². The van der Waals surface area contributed by atoms with E-state index in [4.69, 9.17) is 0 Å². The Bertz CT molecular complexity index is 957. The van der Waals surface area contributed by atoms with Gasteiger partial charge in [0.05, 0.1) is 4.90 Å². The van der Waals surface area contributed by atoms with E-state index in [1.54, 1.807) is 12.1 Å². The quantitative estimate of drug-likeness (QED) is 0.823. The van der Waals surface area contributed by atoms with E-state index < -0.39 is 15.8 Å². The summed E-state index contributed by atoms with van der Waals surface area (Å²) in [6.45, 7) is 6.94. The monoisotopic (exact) mass is 418 g/mol. The van der Waals surface area contributed by atoms with Gasteiger partial charge in [0.15, 0.2) is 0 Å². The predicted molar refractivity (Wildman–Crippen MR) is 111 cm³/mol. The maximum Gasteiger partial charge on any atom is 0.251 e. The Hall–Kier alpha value is -2.25. The molecule has 0 aliphatic carbocycles. The third-order valence-electron chi connectivity index (χ3n) is 5.25. The normalized spacial score (nSPS) is 16.6. The molecule has 1 fully saturated rings. The molecule has 0 saturated carbocycles. The van der Waals surface area contributed by atoms with Crippen LogP contribution < -0.4 is 5.32 Å². The second-order valence-corrected chi connectivity index (χ2v) is 10.4. The maximum atomic E-state index is 13.0. The molecule has 0 radical (unpaired) electrons. The first-order valence-corrected chi connectivity index (χ1v) is 11.2. The first kappa shape index (κ1) is 21.5. The molecule has 0 spiro atoms. The van der Waals surface area contributed by atoms with Crippen molar-refractivity contribution in [3.05, 3.63) is 65.5 Å². The van der Waals surface area contributed by atoms with Gasteiger partial charge in [0.25, 0.3) is 5.91 Å². The fourth-order valence-corrected chi connectivity index (χ4v) is 4.86. The van der Waals surface area contributed by atoms with Crippen molar-refractivity contribution in [1.82, 2.24) is 9.62 Å². The lowest BCUT2D eigenvalue weighted by Crippen LogP contribution is -2.46. The fraction of sp³-hybridized carbons (Fsp3) is 0.409. The number of benzene rings is 2. The van der Waals surface area contributed by atoms with Crippen LogP contribution in [0, 0.1) is 5.82 Å². The summed E-state index contributed by atoms with van der Waals surface area (Å²) in [5.74, 6) is -0.667. The minimum absolute atomic E-state index is 0.0383. The third-order valence-corrected chi connectivity index (χ3v) is 7.17. The van der Waals surface area contributed by atoms with Crippen molar-refractivity contribution in [2.45, 2.75) is 50.0 Å². The van der Waals surface area contributed by atoms with E-state index in [9.17, 15) is 17.6 Å². The number of nitrogens with zero attached hydrogens (tertiary/aromatic N) is 1. The number of piperidine rings is 1. The zero-order valence-electron chi connectivity index (χ0n) is 17.0. The van der Waals surface area contributed by atoms with E-state index >= 15 is 0 Å². The lowest BCUT2D eigenvalue weighted by Gasteiger charge is -2.31. The van der Waals surface area contributed by atoms with Crippen molar-refractivity contribution in [3.8, 4) is 0 Å². The van der Waals surface area contributed by atoms with Gasteiger partial charge in [-0.05, 0) is 60.2 Å². The number of amides is 1. The number of nitrogens with one attached hydrogen (secondary N) is 1. The molecule has 156 valence electrons. The molecule has 0 unspecified atom stereocenters. The largest absolute Gasteiger partial charge is 0.349 e. The molecule has 29 heavy (non-hydrogen) atoms. The Morgan fingerprint density at radius 3 is 2.07 bits per heavy atom. The van der Waals surface area contributed by atoms with Gasteiger partial charge in [-0.25, -0.2) is 12.8 Å². The Morgan fingerprint density at radius 2 is 1.55 bits per heavy atom. The molecule has 1 aliphatic rings. The summed E-state index contributed by atoms with van der Waals surface area (Å²) in [6, 6.07) is 12.3. The molecule has 2 aromatic carbocycles. The Balaban J connectivity index is 1.60. The molecule has 1 aliphatic heterocycles. The molecule has 3 rings (SSSR count). The molecule has 0 aromatic heterocycles. The first-order valence-electron chi connectivity index (χ1n) is 9.74. The number of halogens is 1. The number of hydrogen-bond acceptors (Lipinski definition) is 3. The smallest absolute Gasteiger partial charge is 0.251 e. The van der Waals surface area contributed by atoms with E-state index in [1.807, 2.05) is 12.1 Å². The van der Waals surface area contributed by atoms with Gasteiger partial charge in [0, 0.05) is 24.7 Å². The SMILES string of the molecule is CC(C)(C)c1ccc(S(=O)(=O)N2CCC(NC(=O)c3ccc(F)cc3)CC2)cc1. The van der Waals surface area contributed by atoms with Crippen LogP contribution in [-0.4, -0.2) is 37.8 Å². The maximum absolute atomic E-state index is 13.0. The number of rotatable bonds is 4. The highest BCUT2D eigenvalue weighted by Crippen LogP contribution is 2.26. The summed E-state index contributed by atoms with van der Waals surface area (Å²) < 4.78 is 40.3. The van der Waals surface area contributed by atoms with Crippen molar-refractivity contribution in [1.29, 1.82) is 0 Å². The Morgan fingerprint density at radius 1 is 1.00 bits per heavy atom. The Kier molecular flexibility index (Phi) is 6.10. The average Bonchev–Trinajstić information content (AvgIpc) is 2.68. The van der Waals surface area contributed by atoms with Crippen molar-refractivity contribution >= 4 is 15.9 Å². The van der Waals surface area contributed by atoms with Crippen LogP contribution in [0.25, 0.3) is 0 Å². The number of hydrogen-bond donors (Lipinski definition) is 1. The van der Waals surface area contributed by atoms with Gasteiger partial charge in [0.2, 0.25) is 10.0 Å². The van der Waals surface area contributed by atoms with Crippen LogP contribution in [0.15, 0.2) is 53.4 Å². The summed E-state index contributed by atoms with van der Waals surface area (Å²) >= 11 is 0. The second-order valence-electron chi connectivity index (χ2n) is 8.43. The van der Waals surface area contributed by atoms with Gasteiger partial charge in [0.1, 0.15) is 5.82 Å². The van der Waals surface area contributed by atoms with Crippen LogP contribution in [0.2, 0.25) is 0 Å². The van der Waals surface area contributed by atoms with E-state index in [1.165, 1.54) is 28.6 Å². The second kappa shape index (κ2) is 8.24. The summed E-state index contributed by atoms with van der Waals surface area (Å²) in [5.41, 5.74) is 1.43. The third kappa shape index (κ3) is 5.03. The van der Waals surface area contributed by atoms with Crippen molar-refractivity contribution < 1.29 is 17.6 Å². The van der Waals surface area contributed by atoms with Crippen LogP contribution in [-0.2, 0) is 15.4 Å². The average molecular weight is 419 g/mol. The summed E-state index contributed by atoms with van der Waals surface area (Å²) in [5, 5.41) is 2.91. The number of sulfonamides is 1. The zero-order valence-corrected chi connectivity index (χ0v) is 17.8. The summed E-state index contributed by atoms with van der Waals surface area (Å²) in [6.07, 6.45) is 1.07. The van der Waals surface area contributed by atoms with E-state index in [2.05, 4.69) is 26.1 Å². The van der Waals surface area contributed by atoms with Crippen molar-refractivity contribution in [3.63, 3.8) is 0 Å². The molecule has 1 N–H and O–H groups in total. The molecule has 0 atom stereocenters. The summed E-state index contributed by atoms with van der Waals surface area (Å²) in [7, 11) is -3.55. The Labute approximate surface area is 172 Å². The van der Waals surface area contributed by atoms with Crippen LogP contribution in [0.1, 0.15) is 49.5 Å². The lowest BCUT2D eigenvalue weighted by atomic mass is 9.87. The standard InChI is InChI=1S/C22H27FN2O3S/c1-22(2,3)17-6-10-20(11-7-17)29(27,28)25-14-12-19(13-15-25)24-21(26)16-4-8-18(23)9-5-16/h4-11,19H,12-15H2,1-3H3,(H,24,26). The molecule has 7 heteroatoms. The van der Waals surface area contributed by atoms with Gasteiger partial charge in [-0.15, -0.1) is 0 Å². The van der Waals surface area contributed by atoms with Gasteiger partial charge >= 0.3 is 0 Å². The van der Waals surface area contributed by atoms with E-state index in [0.717, 1.165) is 5.56 Å².